The first-order valence-electron chi connectivity index (χ1n) is 8.45. The van der Waals surface area contributed by atoms with Crippen LogP contribution in [0.15, 0.2) is 11.6 Å². The fraction of sp³-hybridized carbons (Fsp3) is 0.750. The highest BCUT2D eigenvalue weighted by atomic mass is 32.2. The van der Waals surface area contributed by atoms with E-state index in [-0.39, 0.29) is 5.91 Å². The van der Waals surface area contributed by atoms with Crippen molar-refractivity contribution >= 4 is 34.2 Å². The summed E-state index contributed by atoms with van der Waals surface area (Å²) in [6.07, 6.45) is 5.59. The summed E-state index contributed by atoms with van der Waals surface area (Å²) in [5, 5.41) is 0. The van der Waals surface area contributed by atoms with Gasteiger partial charge in [-0.05, 0) is 18.2 Å². The van der Waals surface area contributed by atoms with Gasteiger partial charge in [0.15, 0.2) is 6.54 Å². The summed E-state index contributed by atoms with van der Waals surface area (Å²) in [4.78, 5) is 13.6. The SMILES string of the molecule is CSC(=S)N1CC=C(C[N+]23CC[N+](CC(N)=O)(CC2)CC3)CC1. The van der Waals surface area contributed by atoms with Crippen LogP contribution >= 0.6 is 24.0 Å². The molecule has 1 amide bonds. The highest BCUT2D eigenvalue weighted by molar-refractivity contribution is 8.22. The second-order valence-corrected chi connectivity index (χ2v) is 8.78. The van der Waals surface area contributed by atoms with Gasteiger partial charge in [0.05, 0.1) is 0 Å². The topological polar surface area (TPSA) is 46.3 Å². The molecular formula is C16H28N4OS2+2. The summed E-state index contributed by atoms with van der Waals surface area (Å²) in [5.41, 5.74) is 7.05. The summed E-state index contributed by atoms with van der Waals surface area (Å²) >= 11 is 7.06. The van der Waals surface area contributed by atoms with Gasteiger partial charge in [0.1, 0.15) is 50.1 Å². The lowest BCUT2D eigenvalue weighted by Gasteiger charge is -2.55. The zero-order chi connectivity index (χ0) is 16.5. The van der Waals surface area contributed by atoms with Crippen LogP contribution in [0.5, 0.6) is 0 Å². The van der Waals surface area contributed by atoms with Gasteiger partial charge >= 0.3 is 0 Å². The van der Waals surface area contributed by atoms with E-state index in [9.17, 15) is 4.79 Å². The number of quaternary nitrogens is 2. The molecule has 0 saturated carbocycles. The Labute approximate surface area is 148 Å². The van der Waals surface area contributed by atoms with E-state index < -0.39 is 0 Å². The summed E-state index contributed by atoms with van der Waals surface area (Å²) in [6.45, 7) is 10.7. The third kappa shape index (κ3) is 3.73. The van der Waals surface area contributed by atoms with E-state index in [1.807, 2.05) is 0 Å². The van der Waals surface area contributed by atoms with E-state index in [0.29, 0.717) is 6.54 Å². The molecule has 0 spiro atoms. The fourth-order valence-corrected chi connectivity index (χ4v) is 4.92. The standard InChI is InChI=1S/C16H27N4OS2/c1-23-16(22)18-4-2-14(3-5-18)12-19-6-9-20(10-7-19,11-8-19)13-15(17)21/h2H,3-13H2,1H3,(H-,17,21)/q+1/p+1. The lowest BCUT2D eigenvalue weighted by atomic mass is 10.0. The van der Waals surface area contributed by atoms with Crippen LogP contribution in [0.4, 0.5) is 0 Å². The van der Waals surface area contributed by atoms with Crippen LogP contribution in [0.25, 0.3) is 0 Å². The smallest absolute Gasteiger partial charge is 0.272 e. The first-order chi connectivity index (χ1) is 11.0. The quantitative estimate of drug-likeness (QED) is 0.450. The number of nitrogens with two attached hydrogens (primary N) is 1. The van der Waals surface area contributed by atoms with Crippen molar-refractivity contribution in [3.05, 3.63) is 11.6 Å². The van der Waals surface area contributed by atoms with Gasteiger partial charge in [-0.15, -0.1) is 11.8 Å². The number of hydrogen-bond donors (Lipinski definition) is 1. The Morgan fingerprint density at radius 1 is 1.26 bits per heavy atom. The minimum Gasteiger partial charge on any atom is -0.365 e. The molecule has 0 unspecified atom stereocenters. The van der Waals surface area contributed by atoms with E-state index in [2.05, 4.69) is 17.2 Å². The van der Waals surface area contributed by atoms with Crippen molar-refractivity contribution in [3.63, 3.8) is 0 Å². The van der Waals surface area contributed by atoms with Gasteiger partial charge < -0.3 is 19.6 Å². The number of carbonyl (C=O) groups is 1. The summed E-state index contributed by atoms with van der Waals surface area (Å²) in [6, 6.07) is 0. The molecule has 4 rings (SSSR count). The Bertz CT molecular complexity index is 510. The number of carbonyl (C=O) groups excluding carboxylic acids is 1. The Balaban J connectivity index is 1.57. The maximum atomic E-state index is 11.3. The molecule has 3 fully saturated rings. The maximum Gasteiger partial charge on any atom is 0.272 e. The number of thiocarbonyl (C=S) groups is 1. The molecule has 4 heterocycles. The average molecular weight is 357 g/mol. The largest absolute Gasteiger partial charge is 0.365 e. The predicted octanol–water partition coefficient (Wildman–Crippen LogP) is 0.413. The number of primary amides is 1. The molecule has 2 bridgehead atoms. The minimum absolute atomic E-state index is 0.147. The molecule has 3 saturated heterocycles. The molecular weight excluding hydrogens is 328 g/mol. The van der Waals surface area contributed by atoms with Crippen molar-refractivity contribution in [2.45, 2.75) is 6.42 Å². The van der Waals surface area contributed by atoms with Crippen LogP contribution in [0.3, 0.4) is 0 Å². The lowest BCUT2D eigenvalue weighted by Crippen LogP contribution is -2.76. The summed E-state index contributed by atoms with van der Waals surface area (Å²) in [7, 11) is 0. The fourth-order valence-electron chi connectivity index (χ4n) is 4.33. The molecule has 5 nitrogen and oxygen atoms in total. The molecule has 0 aromatic heterocycles. The molecule has 0 radical (unpaired) electrons. The highest BCUT2D eigenvalue weighted by Crippen LogP contribution is 2.29. The molecule has 7 heteroatoms. The molecule has 128 valence electrons. The van der Waals surface area contributed by atoms with Gasteiger partial charge in [-0.25, -0.2) is 0 Å². The van der Waals surface area contributed by atoms with Crippen LogP contribution in [0, 0.1) is 0 Å². The van der Waals surface area contributed by atoms with E-state index >= 15 is 0 Å². The zero-order valence-corrected chi connectivity index (χ0v) is 15.6. The second kappa shape index (κ2) is 6.70. The third-order valence-electron chi connectivity index (χ3n) is 5.91. The van der Waals surface area contributed by atoms with Crippen molar-refractivity contribution < 1.29 is 13.8 Å². The lowest BCUT2D eigenvalue weighted by molar-refractivity contribution is -1.08. The molecule has 0 aliphatic carbocycles. The van der Waals surface area contributed by atoms with Crippen molar-refractivity contribution in [1.82, 2.24) is 4.90 Å². The monoisotopic (exact) mass is 356 g/mol. The third-order valence-corrected chi connectivity index (χ3v) is 7.28. The number of fused-ring (bicyclic) bond motifs is 3. The normalized spacial score (nSPS) is 33.4. The molecule has 0 aromatic rings. The Hall–Kier alpha value is -0.630. The van der Waals surface area contributed by atoms with Gasteiger partial charge in [0.2, 0.25) is 0 Å². The number of nitrogens with zero attached hydrogens (tertiary/aromatic N) is 3. The van der Waals surface area contributed by atoms with Crippen molar-refractivity contribution in [2.24, 2.45) is 5.73 Å². The second-order valence-electron chi connectivity index (χ2n) is 7.34. The van der Waals surface area contributed by atoms with Gasteiger partial charge in [-0.3, -0.25) is 4.79 Å². The van der Waals surface area contributed by atoms with Crippen molar-refractivity contribution in [2.75, 3.05) is 71.7 Å². The number of rotatable bonds is 4. The Kier molecular flexibility index (Phi) is 5.01. The maximum absolute atomic E-state index is 11.3. The van der Waals surface area contributed by atoms with E-state index in [4.69, 9.17) is 18.0 Å². The van der Waals surface area contributed by atoms with Crippen LogP contribution in [-0.2, 0) is 4.79 Å². The van der Waals surface area contributed by atoms with Crippen molar-refractivity contribution in [3.8, 4) is 0 Å². The van der Waals surface area contributed by atoms with Gasteiger partial charge in [-0.1, -0.05) is 18.3 Å². The van der Waals surface area contributed by atoms with Crippen LogP contribution in [-0.4, -0.2) is 95.8 Å². The summed E-state index contributed by atoms with van der Waals surface area (Å²) < 4.78 is 3.17. The van der Waals surface area contributed by atoms with E-state index in [1.165, 1.54) is 30.7 Å². The van der Waals surface area contributed by atoms with Gasteiger partial charge in [-0.2, -0.15) is 0 Å². The number of piperazine rings is 3. The molecule has 0 aromatic carbocycles. The van der Waals surface area contributed by atoms with Gasteiger partial charge in [0.25, 0.3) is 5.91 Å². The van der Waals surface area contributed by atoms with Crippen LogP contribution in [0.1, 0.15) is 6.42 Å². The summed E-state index contributed by atoms with van der Waals surface area (Å²) in [5.74, 6) is -0.147. The molecule has 2 N–H and O–H groups in total. The van der Waals surface area contributed by atoms with Gasteiger partial charge in [0, 0.05) is 13.1 Å². The molecule has 0 atom stereocenters. The first kappa shape index (κ1) is 17.2. The molecule has 4 aliphatic rings. The highest BCUT2D eigenvalue weighted by Gasteiger charge is 2.49. The minimum atomic E-state index is -0.147. The van der Waals surface area contributed by atoms with Crippen LogP contribution in [0.2, 0.25) is 0 Å². The predicted molar refractivity (Wildman–Crippen MR) is 99.0 cm³/mol. The number of amides is 1. The number of hydrogen-bond acceptors (Lipinski definition) is 3. The average Bonchev–Trinajstić information content (AvgIpc) is 2.56. The van der Waals surface area contributed by atoms with E-state index in [1.54, 1.807) is 17.3 Å². The first-order valence-corrected chi connectivity index (χ1v) is 10.1. The zero-order valence-electron chi connectivity index (χ0n) is 14.0. The van der Waals surface area contributed by atoms with Crippen molar-refractivity contribution in [1.29, 1.82) is 0 Å². The van der Waals surface area contributed by atoms with E-state index in [0.717, 1.165) is 47.9 Å². The molecule has 4 aliphatic heterocycles. The Morgan fingerprint density at radius 3 is 2.35 bits per heavy atom. The van der Waals surface area contributed by atoms with Crippen LogP contribution < -0.4 is 5.73 Å². The molecule has 23 heavy (non-hydrogen) atoms. The number of thioether (sulfide) groups is 1. The Morgan fingerprint density at radius 2 is 1.87 bits per heavy atom.